The second-order valence-electron chi connectivity index (χ2n) is 3.56. The van der Waals surface area contributed by atoms with Gasteiger partial charge in [0.1, 0.15) is 11.9 Å². The van der Waals surface area contributed by atoms with Gasteiger partial charge in [0.05, 0.1) is 6.26 Å². The van der Waals surface area contributed by atoms with Gasteiger partial charge in [-0.25, -0.2) is 0 Å². The van der Waals surface area contributed by atoms with E-state index in [2.05, 4.69) is 5.32 Å². The summed E-state index contributed by atoms with van der Waals surface area (Å²) in [6.07, 6.45) is 4.28. The van der Waals surface area contributed by atoms with Crippen molar-refractivity contribution in [1.82, 2.24) is 5.32 Å². The molecule has 0 aromatic carbocycles. The van der Waals surface area contributed by atoms with Crippen molar-refractivity contribution >= 4 is 0 Å². The highest BCUT2D eigenvalue weighted by Gasteiger charge is 2.20. The largest absolute Gasteiger partial charge is 0.467 e. The molecule has 0 aliphatic carbocycles. The van der Waals surface area contributed by atoms with Crippen molar-refractivity contribution in [2.24, 2.45) is 0 Å². The zero-order valence-electron chi connectivity index (χ0n) is 7.57. The van der Waals surface area contributed by atoms with Crippen LogP contribution in [0.3, 0.4) is 0 Å². The number of hydrogen-bond acceptors (Lipinski definition) is 3. The maximum absolute atomic E-state index is 9.74. The number of furan rings is 1. The van der Waals surface area contributed by atoms with Gasteiger partial charge in [0.2, 0.25) is 0 Å². The summed E-state index contributed by atoms with van der Waals surface area (Å²) in [6, 6.07) is 4.08. The molecule has 0 bridgehead atoms. The first-order chi connectivity index (χ1) is 6.36. The number of aliphatic hydroxyl groups excluding tert-OH is 1. The lowest BCUT2D eigenvalue weighted by Crippen LogP contribution is -2.23. The van der Waals surface area contributed by atoms with Gasteiger partial charge < -0.3 is 14.8 Å². The number of hydrogen-bond donors (Lipinski definition) is 2. The molecule has 1 aliphatic rings. The van der Waals surface area contributed by atoms with Crippen LogP contribution >= 0.6 is 0 Å². The van der Waals surface area contributed by atoms with Crippen molar-refractivity contribution in [2.45, 2.75) is 31.4 Å². The van der Waals surface area contributed by atoms with Crippen LogP contribution in [0.5, 0.6) is 0 Å². The zero-order chi connectivity index (χ0) is 9.10. The van der Waals surface area contributed by atoms with Crippen LogP contribution in [0.25, 0.3) is 0 Å². The Morgan fingerprint density at radius 2 is 2.62 bits per heavy atom. The summed E-state index contributed by atoms with van der Waals surface area (Å²) < 4.78 is 5.13. The number of aliphatic hydroxyl groups is 1. The second kappa shape index (κ2) is 3.94. The van der Waals surface area contributed by atoms with Crippen molar-refractivity contribution in [3.8, 4) is 0 Å². The summed E-state index contributed by atoms with van der Waals surface area (Å²) in [7, 11) is 0. The zero-order valence-corrected chi connectivity index (χ0v) is 7.57. The quantitative estimate of drug-likeness (QED) is 0.742. The molecule has 72 valence electrons. The molecule has 1 aliphatic heterocycles. The van der Waals surface area contributed by atoms with E-state index < -0.39 is 6.10 Å². The molecular formula is C10H15NO2. The fourth-order valence-corrected chi connectivity index (χ4v) is 1.82. The van der Waals surface area contributed by atoms with Crippen molar-refractivity contribution < 1.29 is 9.52 Å². The third kappa shape index (κ3) is 2.11. The van der Waals surface area contributed by atoms with Gasteiger partial charge in [-0.1, -0.05) is 0 Å². The molecule has 3 heteroatoms. The van der Waals surface area contributed by atoms with Crippen LogP contribution in [0.4, 0.5) is 0 Å². The average molecular weight is 181 g/mol. The highest BCUT2D eigenvalue weighted by atomic mass is 16.4. The summed E-state index contributed by atoms with van der Waals surface area (Å²) in [5, 5.41) is 13.1. The summed E-state index contributed by atoms with van der Waals surface area (Å²) >= 11 is 0. The third-order valence-electron chi connectivity index (χ3n) is 2.54. The summed E-state index contributed by atoms with van der Waals surface area (Å²) in [5.74, 6) is 0.675. The molecule has 2 heterocycles. The maximum Gasteiger partial charge on any atom is 0.132 e. The van der Waals surface area contributed by atoms with Gasteiger partial charge in [-0.05, 0) is 37.9 Å². The van der Waals surface area contributed by atoms with Gasteiger partial charge in [-0.3, -0.25) is 0 Å². The third-order valence-corrected chi connectivity index (χ3v) is 2.54. The van der Waals surface area contributed by atoms with Crippen LogP contribution in [-0.4, -0.2) is 17.7 Å². The topological polar surface area (TPSA) is 45.4 Å². The van der Waals surface area contributed by atoms with Crippen LogP contribution in [0.2, 0.25) is 0 Å². The van der Waals surface area contributed by atoms with Gasteiger partial charge in [-0.15, -0.1) is 0 Å². The second-order valence-corrected chi connectivity index (χ2v) is 3.56. The Labute approximate surface area is 77.8 Å². The first kappa shape index (κ1) is 8.78. The van der Waals surface area contributed by atoms with Gasteiger partial charge in [-0.2, -0.15) is 0 Å². The van der Waals surface area contributed by atoms with Crippen molar-refractivity contribution in [3.63, 3.8) is 0 Å². The molecule has 1 aromatic rings. The van der Waals surface area contributed by atoms with Crippen LogP contribution in [0.1, 0.15) is 31.1 Å². The predicted molar refractivity (Wildman–Crippen MR) is 49.3 cm³/mol. The molecule has 0 unspecified atom stereocenters. The Balaban J connectivity index is 1.87. The minimum Gasteiger partial charge on any atom is -0.467 e. The minimum absolute atomic E-state index is 0.453. The van der Waals surface area contributed by atoms with E-state index >= 15 is 0 Å². The molecule has 2 atom stereocenters. The Morgan fingerprint density at radius 1 is 1.69 bits per heavy atom. The summed E-state index contributed by atoms with van der Waals surface area (Å²) in [5.41, 5.74) is 0. The van der Waals surface area contributed by atoms with Crippen molar-refractivity contribution in [1.29, 1.82) is 0 Å². The highest BCUT2D eigenvalue weighted by Crippen LogP contribution is 2.21. The fraction of sp³-hybridized carbons (Fsp3) is 0.600. The average Bonchev–Trinajstić information content (AvgIpc) is 2.74. The first-order valence-electron chi connectivity index (χ1n) is 4.81. The molecule has 2 N–H and O–H groups in total. The lowest BCUT2D eigenvalue weighted by Gasteiger charge is -2.13. The molecule has 2 rings (SSSR count). The Bertz CT molecular complexity index is 239. The van der Waals surface area contributed by atoms with E-state index in [1.165, 1.54) is 6.42 Å². The standard InChI is InChI=1S/C10H15NO2/c12-9(10-4-2-6-13-10)7-8-3-1-5-11-8/h2,4,6,8-9,11-12H,1,3,5,7H2/t8-,9+/m0/s1. The summed E-state index contributed by atoms with van der Waals surface area (Å²) in [4.78, 5) is 0. The van der Waals surface area contributed by atoms with E-state index in [0.29, 0.717) is 11.8 Å². The number of rotatable bonds is 3. The maximum atomic E-state index is 9.74. The van der Waals surface area contributed by atoms with Gasteiger partial charge >= 0.3 is 0 Å². The molecular weight excluding hydrogens is 166 g/mol. The SMILES string of the molecule is O[C@H](C[C@@H]1CCCN1)c1ccco1. The molecule has 1 saturated heterocycles. The monoisotopic (exact) mass is 181 g/mol. The van der Waals surface area contributed by atoms with Crippen LogP contribution in [-0.2, 0) is 0 Å². The smallest absolute Gasteiger partial charge is 0.132 e. The lowest BCUT2D eigenvalue weighted by molar-refractivity contribution is 0.129. The van der Waals surface area contributed by atoms with E-state index in [0.717, 1.165) is 19.4 Å². The Hall–Kier alpha value is -0.800. The molecule has 0 amide bonds. The van der Waals surface area contributed by atoms with Gasteiger partial charge in [0.25, 0.3) is 0 Å². The highest BCUT2D eigenvalue weighted by molar-refractivity contribution is 5.02. The van der Waals surface area contributed by atoms with Crippen LogP contribution < -0.4 is 5.32 Å². The van der Waals surface area contributed by atoms with E-state index in [4.69, 9.17) is 4.42 Å². The summed E-state index contributed by atoms with van der Waals surface area (Å²) in [6.45, 7) is 1.08. The molecule has 0 spiro atoms. The molecule has 1 aromatic heterocycles. The molecule has 13 heavy (non-hydrogen) atoms. The first-order valence-corrected chi connectivity index (χ1v) is 4.81. The fourth-order valence-electron chi connectivity index (χ4n) is 1.82. The molecule has 0 radical (unpaired) electrons. The lowest BCUT2D eigenvalue weighted by atomic mass is 10.1. The van der Waals surface area contributed by atoms with E-state index in [9.17, 15) is 5.11 Å². The molecule has 1 fully saturated rings. The number of nitrogens with one attached hydrogen (secondary N) is 1. The Morgan fingerprint density at radius 3 is 3.23 bits per heavy atom. The van der Waals surface area contributed by atoms with Crippen molar-refractivity contribution in [3.05, 3.63) is 24.2 Å². The molecule has 0 saturated carbocycles. The minimum atomic E-state index is -0.453. The molecule has 3 nitrogen and oxygen atoms in total. The van der Waals surface area contributed by atoms with Gasteiger partial charge in [0.15, 0.2) is 0 Å². The van der Waals surface area contributed by atoms with E-state index in [1.807, 2.05) is 6.07 Å². The van der Waals surface area contributed by atoms with E-state index in [-0.39, 0.29) is 0 Å². The van der Waals surface area contributed by atoms with Crippen molar-refractivity contribution in [2.75, 3.05) is 6.54 Å². The van der Waals surface area contributed by atoms with Crippen LogP contribution in [0.15, 0.2) is 22.8 Å². The Kier molecular flexibility index (Phi) is 2.66. The van der Waals surface area contributed by atoms with E-state index in [1.54, 1.807) is 12.3 Å². The normalized spacial score (nSPS) is 24.8. The van der Waals surface area contributed by atoms with Gasteiger partial charge in [0, 0.05) is 6.04 Å². The van der Waals surface area contributed by atoms with Crippen LogP contribution in [0, 0.1) is 0 Å². The predicted octanol–water partition coefficient (Wildman–Crippen LogP) is 1.46.